The van der Waals surface area contributed by atoms with Crippen LogP contribution in [0.25, 0.3) is 0 Å². The van der Waals surface area contributed by atoms with Crippen molar-refractivity contribution < 1.29 is 17.9 Å². The number of aromatic nitrogens is 1. The van der Waals surface area contributed by atoms with Crippen molar-refractivity contribution in [1.82, 2.24) is 18.7 Å². The number of ether oxygens (including phenoxy) is 1. The maximum Gasteiger partial charge on any atom is 0.244 e. The SMILES string of the molecule is COc1cc(C)c(S(=O)(=O)N2CCn3cccc3C2CC(=O)N2CCN(CCC#N)CC2)c(C)c1. The third-order valence-corrected chi connectivity index (χ3v) is 9.20. The average Bonchev–Trinajstić information content (AvgIpc) is 3.32. The number of piperazine rings is 1. The van der Waals surface area contributed by atoms with Gasteiger partial charge in [0.15, 0.2) is 0 Å². The predicted molar refractivity (Wildman–Crippen MR) is 131 cm³/mol. The summed E-state index contributed by atoms with van der Waals surface area (Å²) in [5.74, 6) is 0.570. The molecule has 10 heteroatoms. The van der Waals surface area contributed by atoms with Gasteiger partial charge in [-0.2, -0.15) is 9.57 Å². The van der Waals surface area contributed by atoms with E-state index in [1.54, 1.807) is 33.1 Å². The van der Waals surface area contributed by atoms with Crippen LogP contribution in [-0.2, 0) is 21.4 Å². The first-order valence-electron chi connectivity index (χ1n) is 12.0. The van der Waals surface area contributed by atoms with Gasteiger partial charge in [0.1, 0.15) is 5.75 Å². The van der Waals surface area contributed by atoms with Crippen molar-refractivity contribution >= 4 is 15.9 Å². The Hall–Kier alpha value is -2.87. The zero-order valence-electron chi connectivity index (χ0n) is 20.6. The van der Waals surface area contributed by atoms with Gasteiger partial charge in [-0.25, -0.2) is 8.42 Å². The highest BCUT2D eigenvalue weighted by Crippen LogP contribution is 2.37. The molecule has 0 saturated carbocycles. The van der Waals surface area contributed by atoms with Crippen LogP contribution in [0.15, 0.2) is 35.4 Å². The van der Waals surface area contributed by atoms with Gasteiger partial charge >= 0.3 is 0 Å². The molecule has 0 N–H and O–H groups in total. The van der Waals surface area contributed by atoms with Crippen molar-refractivity contribution in [3.63, 3.8) is 0 Å². The predicted octanol–water partition coefficient (Wildman–Crippen LogP) is 2.31. The van der Waals surface area contributed by atoms with E-state index >= 15 is 0 Å². The summed E-state index contributed by atoms with van der Waals surface area (Å²) in [6.45, 7) is 7.72. The third kappa shape index (κ3) is 5.08. The first kappa shape index (κ1) is 25.2. The van der Waals surface area contributed by atoms with Crippen molar-refractivity contribution in [2.75, 3.05) is 46.4 Å². The van der Waals surface area contributed by atoms with Crippen molar-refractivity contribution in [3.05, 3.63) is 47.3 Å². The van der Waals surface area contributed by atoms with Gasteiger partial charge in [0.05, 0.1) is 24.1 Å². The lowest BCUT2D eigenvalue weighted by Gasteiger charge is -2.39. The number of carbonyl (C=O) groups excluding carboxylic acids is 1. The van der Waals surface area contributed by atoms with Crippen LogP contribution < -0.4 is 4.74 Å². The van der Waals surface area contributed by atoms with Crippen LogP contribution in [0.5, 0.6) is 5.75 Å². The lowest BCUT2D eigenvalue weighted by atomic mass is 10.1. The highest BCUT2D eigenvalue weighted by atomic mass is 32.2. The van der Waals surface area contributed by atoms with Crippen LogP contribution in [0.4, 0.5) is 0 Å². The van der Waals surface area contributed by atoms with E-state index < -0.39 is 16.1 Å². The third-order valence-electron chi connectivity index (χ3n) is 6.98. The summed E-state index contributed by atoms with van der Waals surface area (Å²) in [6.07, 6.45) is 2.51. The first-order chi connectivity index (χ1) is 16.8. The van der Waals surface area contributed by atoms with Gasteiger partial charge < -0.3 is 14.2 Å². The Morgan fingerprint density at radius 2 is 1.80 bits per heavy atom. The maximum atomic E-state index is 14.0. The molecule has 3 heterocycles. The number of fused-ring (bicyclic) bond motifs is 1. The summed E-state index contributed by atoms with van der Waals surface area (Å²) in [4.78, 5) is 17.6. The monoisotopic (exact) mass is 499 g/mol. The molecule has 1 saturated heterocycles. The quantitative estimate of drug-likeness (QED) is 0.580. The van der Waals surface area contributed by atoms with Crippen LogP contribution >= 0.6 is 0 Å². The van der Waals surface area contributed by atoms with E-state index in [1.165, 1.54) is 4.31 Å². The van der Waals surface area contributed by atoms with Gasteiger partial charge in [-0.3, -0.25) is 9.69 Å². The molecular formula is C25H33N5O4S. The highest BCUT2D eigenvalue weighted by Gasteiger charge is 2.40. The standard InChI is InChI=1S/C25H33N5O4S/c1-19-16-21(34-3)17-20(2)25(19)35(32,33)30-15-14-28-9-4-6-22(28)23(30)18-24(31)29-12-10-27(11-13-29)8-5-7-26/h4,6,9,16-17,23H,5,8,10-15,18H2,1-3H3. The van der Waals surface area contributed by atoms with Gasteiger partial charge in [0.25, 0.3) is 0 Å². The van der Waals surface area contributed by atoms with Crippen LogP contribution in [0.1, 0.15) is 35.7 Å². The van der Waals surface area contributed by atoms with E-state index in [0.29, 0.717) is 56.0 Å². The number of benzene rings is 1. The van der Waals surface area contributed by atoms with Crippen molar-refractivity contribution in [3.8, 4) is 11.8 Å². The van der Waals surface area contributed by atoms with E-state index in [9.17, 15) is 13.2 Å². The molecule has 1 aromatic heterocycles. The number of carbonyl (C=O) groups is 1. The molecule has 0 spiro atoms. The Kier molecular flexibility index (Phi) is 7.50. The molecule has 1 unspecified atom stereocenters. The molecule has 2 aromatic rings. The van der Waals surface area contributed by atoms with Gasteiger partial charge in [-0.15, -0.1) is 0 Å². The lowest BCUT2D eigenvalue weighted by molar-refractivity contribution is -0.134. The Bertz CT molecular complexity index is 1200. The molecule has 1 aromatic carbocycles. The average molecular weight is 500 g/mol. The topological polar surface area (TPSA) is 98.9 Å². The van der Waals surface area contributed by atoms with Crippen LogP contribution in [0.2, 0.25) is 0 Å². The zero-order valence-corrected chi connectivity index (χ0v) is 21.4. The molecule has 0 radical (unpaired) electrons. The number of amides is 1. The van der Waals surface area contributed by atoms with Gasteiger partial charge in [-0.05, 0) is 49.2 Å². The van der Waals surface area contributed by atoms with Crippen LogP contribution in [-0.4, -0.2) is 79.4 Å². The summed E-state index contributed by atoms with van der Waals surface area (Å²) >= 11 is 0. The minimum atomic E-state index is -3.86. The molecule has 35 heavy (non-hydrogen) atoms. The molecule has 2 aliphatic heterocycles. The number of hydrogen-bond acceptors (Lipinski definition) is 6. The minimum absolute atomic E-state index is 0.0482. The smallest absolute Gasteiger partial charge is 0.244 e. The Morgan fingerprint density at radius 1 is 1.11 bits per heavy atom. The fourth-order valence-electron chi connectivity index (χ4n) is 5.21. The fourth-order valence-corrected chi connectivity index (χ4v) is 7.22. The molecule has 9 nitrogen and oxygen atoms in total. The molecule has 1 amide bonds. The first-order valence-corrected chi connectivity index (χ1v) is 13.4. The van der Waals surface area contributed by atoms with Gasteiger partial charge in [0.2, 0.25) is 15.9 Å². The van der Waals surface area contributed by atoms with Crippen LogP contribution in [0.3, 0.4) is 0 Å². The van der Waals surface area contributed by atoms with Crippen molar-refractivity contribution in [2.45, 2.75) is 44.2 Å². The van der Waals surface area contributed by atoms with E-state index in [1.807, 2.05) is 27.8 Å². The second-order valence-corrected chi connectivity index (χ2v) is 11.0. The largest absolute Gasteiger partial charge is 0.497 e. The number of nitriles is 1. The second-order valence-electron chi connectivity index (χ2n) is 9.18. The molecular weight excluding hydrogens is 466 g/mol. The Morgan fingerprint density at radius 3 is 2.43 bits per heavy atom. The zero-order chi connectivity index (χ0) is 25.2. The molecule has 0 aliphatic carbocycles. The van der Waals surface area contributed by atoms with Crippen molar-refractivity contribution in [2.24, 2.45) is 0 Å². The molecule has 1 fully saturated rings. The van der Waals surface area contributed by atoms with Crippen LogP contribution in [0, 0.1) is 25.2 Å². The molecule has 2 aliphatic rings. The summed E-state index contributed by atoms with van der Waals surface area (Å²) in [5.41, 5.74) is 2.09. The van der Waals surface area contributed by atoms with Crippen molar-refractivity contribution in [1.29, 1.82) is 5.26 Å². The summed E-state index contributed by atoms with van der Waals surface area (Å²) in [6, 6.07) is 8.87. The number of methoxy groups -OCH3 is 1. The summed E-state index contributed by atoms with van der Waals surface area (Å²) in [7, 11) is -2.30. The van der Waals surface area contributed by atoms with E-state index in [-0.39, 0.29) is 17.2 Å². The second kappa shape index (κ2) is 10.4. The number of nitrogens with zero attached hydrogens (tertiary/aromatic N) is 5. The van der Waals surface area contributed by atoms with E-state index in [0.717, 1.165) is 18.8 Å². The number of rotatable bonds is 7. The molecule has 188 valence electrons. The molecule has 1 atom stereocenters. The van der Waals surface area contributed by atoms with Gasteiger partial charge in [0, 0.05) is 70.5 Å². The molecule has 4 rings (SSSR count). The normalized spacial score (nSPS) is 19.3. The maximum absolute atomic E-state index is 14.0. The van der Waals surface area contributed by atoms with E-state index in [4.69, 9.17) is 10.00 Å². The van der Waals surface area contributed by atoms with E-state index in [2.05, 4.69) is 11.0 Å². The summed E-state index contributed by atoms with van der Waals surface area (Å²) in [5, 5.41) is 8.81. The highest BCUT2D eigenvalue weighted by molar-refractivity contribution is 7.89. The Labute approximate surface area is 207 Å². The molecule has 0 bridgehead atoms. The number of sulfonamides is 1. The summed E-state index contributed by atoms with van der Waals surface area (Å²) < 4.78 is 36.8. The lowest BCUT2D eigenvalue weighted by Crippen LogP contribution is -2.50. The van der Waals surface area contributed by atoms with Gasteiger partial charge in [-0.1, -0.05) is 0 Å². The number of hydrogen-bond donors (Lipinski definition) is 0. The Balaban J connectivity index is 1.59. The fraction of sp³-hybridized carbons (Fsp3) is 0.520. The minimum Gasteiger partial charge on any atom is -0.497 e. The number of aryl methyl sites for hydroxylation is 2.